The third kappa shape index (κ3) is 1.87. The second kappa shape index (κ2) is 3.67. The molecule has 0 bridgehead atoms. The van der Waals surface area contributed by atoms with Gasteiger partial charge in [0.1, 0.15) is 0 Å². The molecule has 3 rings (SSSR count). The van der Waals surface area contributed by atoms with Crippen molar-refractivity contribution < 1.29 is 9.31 Å². The van der Waals surface area contributed by atoms with E-state index >= 15 is 0 Å². The number of hydrogen-bond acceptors (Lipinski definition) is 3. The van der Waals surface area contributed by atoms with Gasteiger partial charge in [0, 0.05) is 5.82 Å². The van der Waals surface area contributed by atoms with Crippen molar-refractivity contribution in [3.8, 4) is 0 Å². The summed E-state index contributed by atoms with van der Waals surface area (Å²) in [6, 6.07) is 0. The summed E-state index contributed by atoms with van der Waals surface area (Å²) in [5.74, 6) is 3.32. The van der Waals surface area contributed by atoms with Crippen LogP contribution in [0, 0.1) is 5.41 Å². The van der Waals surface area contributed by atoms with E-state index in [-0.39, 0.29) is 18.3 Å². The maximum absolute atomic E-state index is 6.19. The van der Waals surface area contributed by atoms with Crippen molar-refractivity contribution in [3.63, 3.8) is 0 Å². The van der Waals surface area contributed by atoms with Gasteiger partial charge in [-0.1, -0.05) is 0 Å². The van der Waals surface area contributed by atoms with Crippen LogP contribution in [0.1, 0.15) is 47.0 Å². The molecule has 0 amide bonds. The fourth-order valence-corrected chi connectivity index (χ4v) is 4.48. The van der Waals surface area contributed by atoms with Crippen LogP contribution in [0.5, 0.6) is 0 Å². The Morgan fingerprint density at radius 1 is 1.00 bits per heavy atom. The monoisotopic (exact) mass is 254 g/mol. The fourth-order valence-electron chi connectivity index (χ4n) is 3.17. The second-order valence-corrected chi connectivity index (χ2v) is 8.13. The zero-order valence-electron chi connectivity index (χ0n) is 11.4. The van der Waals surface area contributed by atoms with E-state index in [1.54, 1.807) is 0 Å². The molecule has 96 valence electrons. The lowest BCUT2D eigenvalue weighted by Crippen LogP contribution is -2.41. The topological polar surface area (TPSA) is 18.5 Å². The molecular weight excluding hydrogens is 231 g/mol. The van der Waals surface area contributed by atoms with Gasteiger partial charge >= 0.3 is 7.12 Å². The Bertz CT molecular complexity index is 307. The van der Waals surface area contributed by atoms with Crippen LogP contribution in [0.15, 0.2) is 0 Å². The Kier molecular flexibility index (Phi) is 2.67. The van der Waals surface area contributed by atoms with Gasteiger partial charge in [-0.2, -0.15) is 11.8 Å². The summed E-state index contributed by atoms with van der Waals surface area (Å²) in [7, 11) is 0.0445. The Morgan fingerprint density at radius 2 is 1.53 bits per heavy atom. The smallest absolute Gasteiger partial charge is 0.403 e. The average Bonchev–Trinajstić information content (AvgIpc) is 2.85. The van der Waals surface area contributed by atoms with E-state index in [0.717, 1.165) is 0 Å². The molecule has 4 heteroatoms. The van der Waals surface area contributed by atoms with Crippen molar-refractivity contribution in [3.05, 3.63) is 0 Å². The fraction of sp³-hybridized carbons (Fsp3) is 1.00. The van der Waals surface area contributed by atoms with E-state index in [9.17, 15) is 0 Å². The van der Waals surface area contributed by atoms with Crippen LogP contribution in [-0.2, 0) is 9.31 Å². The summed E-state index contributed by atoms with van der Waals surface area (Å²) in [6.45, 7) is 8.61. The quantitative estimate of drug-likeness (QED) is 0.668. The van der Waals surface area contributed by atoms with Crippen LogP contribution >= 0.6 is 11.8 Å². The highest BCUT2D eigenvalue weighted by Crippen LogP contribution is 2.67. The van der Waals surface area contributed by atoms with E-state index in [0.29, 0.717) is 11.2 Å². The number of thioether (sulfide) groups is 1. The van der Waals surface area contributed by atoms with Gasteiger partial charge in [0.05, 0.1) is 11.2 Å². The molecule has 2 saturated heterocycles. The van der Waals surface area contributed by atoms with Gasteiger partial charge < -0.3 is 9.31 Å². The lowest BCUT2D eigenvalue weighted by molar-refractivity contribution is 0.00578. The van der Waals surface area contributed by atoms with Crippen molar-refractivity contribution in [1.29, 1.82) is 0 Å². The molecule has 3 fully saturated rings. The minimum absolute atomic E-state index is 0.0445. The van der Waals surface area contributed by atoms with E-state index in [2.05, 4.69) is 39.5 Å². The molecule has 3 aliphatic rings. The molecule has 17 heavy (non-hydrogen) atoms. The maximum Gasteiger partial charge on any atom is 0.461 e. The van der Waals surface area contributed by atoms with E-state index < -0.39 is 0 Å². The number of rotatable bonds is 1. The minimum atomic E-state index is -0.162. The second-order valence-electron chi connectivity index (χ2n) is 6.91. The van der Waals surface area contributed by atoms with Crippen LogP contribution in [0.3, 0.4) is 0 Å². The van der Waals surface area contributed by atoms with Gasteiger partial charge in [-0.3, -0.25) is 0 Å². The molecule has 2 nitrogen and oxygen atoms in total. The van der Waals surface area contributed by atoms with Crippen molar-refractivity contribution in [2.24, 2.45) is 5.41 Å². The Labute approximate surface area is 109 Å². The molecule has 1 spiro atoms. The van der Waals surface area contributed by atoms with Crippen LogP contribution < -0.4 is 0 Å². The van der Waals surface area contributed by atoms with Gasteiger partial charge in [-0.05, 0) is 63.9 Å². The zero-order chi connectivity index (χ0) is 12.3. The normalized spacial score (nSPS) is 37.4. The van der Waals surface area contributed by atoms with Crippen LogP contribution in [-0.4, -0.2) is 29.8 Å². The van der Waals surface area contributed by atoms with Gasteiger partial charge in [-0.25, -0.2) is 0 Å². The first-order chi connectivity index (χ1) is 7.86. The molecule has 0 aromatic carbocycles. The molecule has 2 heterocycles. The minimum Gasteiger partial charge on any atom is -0.403 e. The molecule has 1 aliphatic carbocycles. The molecule has 0 aromatic heterocycles. The summed E-state index contributed by atoms with van der Waals surface area (Å²) in [6.07, 6.45) is 4.06. The lowest BCUT2D eigenvalue weighted by Gasteiger charge is -2.32. The van der Waals surface area contributed by atoms with Crippen LogP contribution in [0.2, 0.25) is 5.82 Å². The molecular formula is C13H23BO2S. The van der Waals surface area contributed by atoms with Gasteiger partial charge in [0.15, 0.2) is 0 Å². The summed E-state index contributed by atoms with van der Waals surface area (Å²) < 4.78 is 12.4. The van der Waals surface area contributed by atoms with Crippen LogP contribution in [0.25, 0.3) is 0 Å². The molecule has 0 aromatic rings. The van der Waals surface area contributed by atoms with E-state index in [4.69, 9.17) is 9.31 Å². The van der Waals surface area contributed by atoms with Crippen molar-refractivity contribution in [2.75, 3.05) is 11.5 Å². The standard InChI is InChI=1S/C13H23BO2S/c1-11(2)12(3,4)16-14(15-11)10-9-13(10)5-7-17-8-6-13/h10H,5-9H2,1-4H3. The molecule has 1 saturated carbocycles. The first-order valence-corrected chi connectivity index (χ1v) is 7.95. The Hall–Kier alpha value is 0.335. The number of hydrogen-bond donors (Lipinski definition) is 0. The van der Waals surface area contributed by atoms with E-state index in [1.165, 1.54) is 30.8 Å². The summed E-state index contributed by atoms with van der Waals surface area (Å²) in [4.78, 5) is 0. The predicted molar refractivity (Wildman–Crippen MR) is 73.4 cm³/mol. The van der Waals surface area contributed by atoms with Crippen LogP contribution in [0.4, 0.5) is 0 Å². The summed E-state index contributed by atoms with van der Waals surface area (Å²) in [5, 5.41) is 0. The maximum atomic E-state index is 6.19. The largest absolute Gasteiger partial charge is 0.461 e. The first-order valence-electron chi connectivity index (χ1n) is 6.80. The molecule has 1 atom stereocenters. The molecule has 0 radical (unpaired) electrons. The SMILES string of the molecule is CC1(C)OB(C2CC23CCSCC3)OC1(C)C. The van der Waals surface area contributed by atoms with Gasteiger partial charge in [0.25, 0.3) is 0 Å². The zero-order valence-corrected chi connectivity index (χ0v) is 12.2. The third-order valence-electron chi connectivity index (χ3n) is 5.34. The average molecular weight is 254 g/mol. The highest BCUT2D eigenvalue weighted by molar-refractivity contribution is 7.99. The highest BCUT2D eigenvalue weighted by Gasteiger charge is 2.66. The van der Waals surface area contributed by atoms with E-state index in [1.807, 2.05) is 0 Å². The summed E-state index contributed by atoms with van der Waals surface area (Å²) in [5.41, 5.74) is 0.252. The highest BCUT2D eigenvalue weighted by atomic mass is 32.2. The Balaban J connectivity index is 1.69. The van der Waals surface area contributed by atoms with Gasteiger partial charge in [-0.15, -0.1) is 0 Å². The van der Waals surface area contributed by atoms with Crippen molar-refractivity contribution in [2.45, 2.75) is 64.0 Å². The Morgan fingerprint density at radius 3 is 2.06 bits per heavy atom. The third-order valence-corrected chi connectivity index (χ3v) is 6.33. The molecule has 0 N–H and O–H groups in total. The first kappa shape index (κ1) is 12.4. The van der Waals surface area contributed by atoms with Gasteiger partial charge in [0.2, 0.25) is 0 Å². The molecule has 1 unspecified atom stereocenters. The summed E-state index contributed by atoms with van der Waals surface area (Å²) >= 11 is 2.10. The van der Waals surface area contributed by atoms with Crippen molar-refractivity contribution >= 4 is 18.9 Å². The van der Waals surface area contributed by atoms with Crippen molar-refractivity contribution in [1.82, 2.24) is 0 Å². The molecule has 2 aliphatic heterocycles. The predicted octanol–water partition coefficient (Wildman–Crippen LogP) is 3.37. The lowest BCUT2D eigenvalue weighted by atomic mass is 9.75.